The molecule has 2 aromatic rings. The Morgan fingerprint density at radius 2 is 2.05 bits per heavy atom. The van der Waals surface area contributed by atoms with Crippen LogP contribution in [0.25, 0.3) is 0 Å². The number of aryl methyl sites for hydroxylation is 2. The van der Waals surface area contributed by atoms with E-state index in [1.54, 1.807) is 23.5 Å². The highest BCUT2D eigenvalue weighted by molar-refractivity contribution is 7.15. The first-order valence-electron chi connectivity index (χ1n) is 7.29. The van der Waals surface area contributed by atoms with Crippen molar-refractivity contribution in [3.05, 3.63) is 40.4 Å². The van der Waals surface area contributed by atoms with Crippen LogP contribution in [0, 0.1) is 0 Å². The van der Waals surface area contributed by atoms with Gasteiger partial charge in [-0.05, 0) is 56.9 Å². The number of thiazole rings is 1. The van der Waals surface area contributed by atoms with Gasteiger partial charge in [0.25, 0.3) is 5.91 Å². The van der Waals surface area contributed by atoms with Crippen LogP contribution in [-0.4, -0.2) is 17.5 Å². The number of benzene rings is 1. The van der Waals surface area contributed by atoms with E-state index in [2.05, 4.69) is 10.3 Å². The lowest BCUT2D eigenvalue weighted by atomic mass is 10.0. The molecule has 1 heterocycles. The SMILES string of the molecule is CCOc1ccc(C(=O)Nc2nc3c(s2)CCCC3)cc1. The second-order valence-corrected chi connectivity index (χ2v) is 6.09. The predicted molar refractivity (Wildman–Crippen MR) is 84.3 cm³/mol. The maximum Gasteiger partial charge on any atom is 0.257 e. The molecular formula is C16H18N2O2S. The van der Waals surface area contributed by atoms with Crippen LogP contribution in [0.1, 0.15) is 40.7 Å². The molecule has 4 nitrogen and oxygen atoms in total. The largest absolute Gasteiger partial charge is 0.494 e. The van der Waals surface area contributed by atoms with Gasteiger partial charge >= 0.3 is 0 Å². The third kappa shape index (κ3) is 3.24. The topological polar surface area (TPSA) is 51.2 Å². The Labute approximate surface area is 128 Å². The number of fused-ring (bicyclic) bond motifs is 1. The summed E-state index contributed by atoms with van der Waals surface area (Å²) in [5.74, 6) is 0.655. The predicted octanol–water partition coefficient (Wildman–Crippen LogP) is 3.67. The molecule has 0 spiro atoms. The standard InChI is InChI=1S/C16H18N2O2S/c1-2-20-12-9-7-11(8-10-12)15(19)18-16-17-13-5-3-4-6-14(13)21-16/h7-10H,2-6H2,1H3,(H,17,18,19). The molecule has 1 aliphatic rings. The zero-order valence-corrected chi connectivity index (χ0v) is 12.8. The van der Waals surface area contributed by atoms with E-state index in [1.807, 2.05) is 19.1 Å². The molecule has 5 heteroatoms. The number of nitrogens with one attached hydrogen (secondary N) is 1. The zero-order chi connectivity index (χ0) is 14.7. The highest BCUT2D eigenvalue weighted by Gasteiger charge is 2.16. The van der Waals surface area contributed by atoms with E-state index >= 15 is 0 Å². The Bertz CT molecular complexity index is 611. The van der Waals surface area contributed by atoms with Crippen LogP contribution in [0.5, 0.6) is 5.75 Å². The second-order valence-electron chi connectivity index (χ2n) is 5.01. The molecular weight excluding hydrogens is 284 g/mol. The maximum absolute atomic E-state index is 12.2. The van der Waals surface area contributed by atoms with Crippen molar-refractivity contribution in [2.24, 2.45) is 0 Å². The lowest BCUT2D eigenvalue weighted by Gasteiger charge is -2.06. The first kappa shape index (κ1) is 14.1. The molecule has 21 heavy (non-hydrogen) atoms. The average Bonchev–Trinajstić information content (AvgIpc) is 2.90. The van der Waals surface area contributed by atoms with Gasteiger partial charge in [0.2, 0.25) is 0 Å². The summed E-state index contributed by atoms with van der Waals surface area (Å²) in [6.07, 6.45) is 4.54. The Kier molecular flexibility index (Phi) is 4.20. The first-order valence-corrected chi connectivity index (χ1v) is 8.10. The molecule has 1 aromatic heterocycles. The molecule has 0 radical (unpaired) electrons. The molecule has 0 fully saturated rings. The highest BCUT2D eigenvalue weighted by atomic mass is 32.1. The van der Waals surface area contributed by atoms with Crippen LogP contribution >= 0.6 is 11.3 Å². The number of ether oxygens (including phenoxy) is 1. The number of hydrogen-bond acceptors (Lipinski definition) is 4. The van der Waals surface area contributed by atoms with Crippen LogP contribution < -0.4 is 10.1 Å². The minimum atomic E-state index is -0.121. The van der Waals surface area contributed by atoms with Crippen LogP contribution in [0.4, 0.5) is 5.13 Å². The summed E-state index contributed by atoms with van der Waals surface area (Å²) in [4.78, 5) is 18.1. The second kappa shape index (κ2) is 6.26. The van der Waals surface area contributed by atoms with Gasteiger partial charge in [-0.1, -0.05) is 0 Å². The van der Waals surface area contributed by atoms with E-state index < -0.39 is 0 Å². The summed E-state index contributed by atoms with van der Waals surface area (Å²) in [5.41, 5.74) is 1.78. The summed E-state index contributed by atoms with van der Waals surface area (Å²) in [5, 5.41) is 3.60. The summed E-state index contributed by atoms with van der Waals surface area (Å²) in [6.45, 7) is 2.56. The van der Waals surface area contributed by atoms with Crippen LogP contribution in [0.3, 0.4) is 0 Å². The van der Waals surface area contributed by atoms with Gasteiger partial charge in [-0.3, -0.25) is 10.1 Å². The van der Waals surface area contributed by atoms with Gasteiger partial charge in [0, 0.05) is 10.4 Å². The van der Waals surface area contributed by atoms with Crippen LogP contribution in [0.15, 0.2) is 24.3 Å². The van der Waals surface area contributed by atoms with Gasteiger partial charge in [0.1, 0.15) is 5.75 Å². The molecule has 1 amide bonds. The monoisotopic (exact) mass is 302 g/mol. The van der Waals surface area contributed by atoms with Gasteiger partial charge in [0.15, 0.2) is 5.13 Å². The van der Waals surface area contributed by atoms with E-state index in [1.165, 1.54) is 17.7 Å². The molecule has 0 unspecified atom stereocenters. The number of amides is 1. The zero-order valence-electron chi connectivity index (χ0n) is 12.0. The van der Waals surface area contributed by atoms with E-state index in [-0.39, 0.29) is 5.91 Å². The van der Waals surface area contributed by atoms with Crippen molar-refractivity contribution in [1.29, 1.82) is 0 Å². The molecule has 0 aliphatic heterocycles. The van der Waals surface area contributed by atoms with Gasteiger partial charge in [-0.25, -0.2) is 4.98 Å². The molecule has 1 aromatic carbocycles. The molecule has 0 saturated carbocycles. The number of anilines is 1. The number of aromatic nitrogens is 1. The van der Waals surface area contributed by atoms with Gasteiger partial charge in [-0.15, -0.1) is 11.3 Å². The smallest absolute Gasteiger partial charge is 0.257 e. The number of rotatable bonds is 4. The fraction of sp³-hybridized carbons (Fsp3) is 0.375. The molecule has 0 atom stereocenters. The van der Waals surface area contributed by atoms with Crippen molar-refractivity contribution in [2.45, 2.75) is 32.6 Å². The Morgan fingerprint density at radius 3 is 2.76 bits per heavy atom. The number of carbonyl (C=O) groups excluding carboxylic acids is 1. The lowest BCUT2D eigenvalue weighted by molar-refractivity contribution is 0.102. The molecule has 1 N–H and O–H groups in total. The molecule has 3 rings (SSSR count). The van der Waals surface area contributed by atoms with E-state index in [0.717, 1.165) is 24.3 Å². The van der Waals surface area contributed by atoms with Crippen molar-refractivity contribution in [3.8, 4) is 5.75 Å². The Morgan fingerprint density at radius 1 is 1.29 bits per heavy atom. The van der Waals surface area contributed by atoms with E-state index in [0.29, 0.717) is 17.3 Å². The Hall–Kier alpha value is -1.88. The fourth-order valence-electron chi connectivity index (χ4n) is 2.44. The third-order valence-electron chi connectivity index (χ3n) is 3.49. The van der Waals surface area contributed by atoms with Crippen LogP contribution in [-0.2, 0) is 12.8 Å². The van der Waals surface area contributed by atoms with Crippen molar-refractivity contribution in [3.63, 3.8) is 0 Å². The quantitative estimate of drug-likeness (QED) is 0.937. The number of nitrogens with zero attached hydrogens (tertiary/aromatic N) is 1. The fourth-order valence-corrected chi connectivity index (χ4v) is 3.49. The Balaban J connectivity index is 1.69. The maximum atomic E-state index is 12.2. The first-order chi connectivity index (χ1) is 10.3. The molecule has 0 bridgehead atoms. The van der Waals surface area contributed by atoms with Crippen molar-refractivity contribution in [1.82, 2.24) is 4.98 Å². The summed E-state index contributed by atoms with van der Waals surface area (Å²) in [6, 6.07) is 7.16. The highest BCUT2D eigenvalue weighted by Crippen LogP contribution is 2.29. The normalized spacial score (nSPS) is 13.6. The van der Waals surface area contributed by atoms with Crippen molar-refractivity contribution in [2.75, 3.05) is 11.9 Å². The van der Waals surface area contributed by atoms with Gasteiger partial charge in [0.05, 0.1) is 12.3 Å². The average molecular weight is 302 g/mol. The van der Waals surface area contributed by atoms with Crippen molar-refractivity contribution < 1.29 is 9.53 Å². The summed E-state index contributed by atoms with van der Waals surface area (Å²) in [7, 11) is 0. The molecule has 110 valence electrons. The lowest BCUT2D eigenvalue weighted by Crippen LogP contribution is -2.11. The summed E-state index contributed by atoms with van der Waals surface area (Å²) < 4.78 is 5.37. The van der Waals surface area contributed by atoms with E-state index in [9.17, 15) is 4.79 Å². The van der Waals surface area contributed by atoms with Gasteiger partial charge < -0.3 is 4.74 Å². The minimum Gasteiger partial charge on any atom is -0.494 e. The number of hydrogen-bond donors (Lipinski definition) is 1. The molecule has 1 aliphatic carbocycles. The van der Waals surface area contributed by atoms with E-state index in [4.69, 9.17) is 4.74 Å². The third-order valence-corrected chi connectivity index (χ3v) is 4.57. The van der Waals surface area contributed by atoms with Crippen LogP contribution in [0.2, 0.25) is 0 Å². The minimum absolute atomic E-state index is 0.121. The van der Waals surface area contributed by atoms with Gasteiger partial charge in [-0.2, -0.15) is 0 Å². The summed E-state index contributed by atoms with van der Waals surface area (Å²) >= 11 is 1.60. The van der Waals surface area contributed by atoms with Crippen molar-refractivity contribution >= 4 is 22.4 Å². The number of carbonyl (C=O) groups is 1. The molecule has 0 saturated heterocycles.